The summed E-state index contributed by atoms with van der Waals surface area (Å²) in [6, 6.07) is 0.402. The predicted octanol–water partition coefficient (Wildman–Crippen LogP) is 3.07. The van der Waals surface area contributed by atoms with Gasteiger partial charge < -0.3 is 10.6 Å². The second-order valence-electron chi connectivity index (χ2n) is 7.78. The number of aliphatic imine (C=N–C) groups is 1. The lowest BCUT2D eigenvalue weighted by atomic mass is 9.84. The molecule has 2 fully saturated rings. The molecule has 1 saturated carbocycles. The van der Waals surface area contributed by atoms with E-state index >= 15 is 0 Å². The van der Waals surface area contributed by atoms with Gasteiger partial charge in [0, 0.05) is 32.2 Å². The first kappa shape index (κ1) is 23.3. The number of sulfonamides is 1. The fourth-order valence-electron chi connectivity index (χ4n) is 3.93. The van der Waals surface area contributed by atoms with Gasteiger partial charge in [0.25, 0.3) is 0 Å². The lowest BCUT2D eigenvalue weighted by molar-refractivity contribution is -0.0496. The van der Waals surface area contributed by atoms with Gasteiger partial charge >= 0.3 is 15.5 Å². The van der Waals surface area contributed by atoms with Crippen LogP contribution in [-0.4, -0.2) is 56.4 Å². The minimum Gasteiger partial charge on any atom is -0.357 e. The number of alkyl halides is 3. The number of rotatable bonds is 6. The summed E-state index contributed by atoms with van der Waals surface area (Å²) in [5, 5.41) is 6.71. The number of nitrogens with one attached hydrogen (secondary N) is 2. The van der Waals surface area contributed by atoms with Gasteiger partial charge in [-0.25, -0.2) is 8.42 Å². The number of guanidine groups is 1. The maximum atomic E-state index is 12.7. The molecule has 0 aromatic rings. The Kier molecular flexibility index (Phi) is 8.42. The molecule has 0 unspecified atom stereocenters. The third kappa shape index (κ3) is 6.23. The zero-order valence-electron chi connectivity index (χ0n) is 16.8. The van der Waals surface area contributed by atoms with Crippen LogP contribution in [-0.2, 0) is 10.0 Å². The molecule has 164 valence electrons. The highest BCUT2D eigenvalue weighted by molar-refractivity contribution is 7.90. The van der Waals surface area contributed by atoms with E-state index in [0.29, 0.717) is 29.7 Å². The Morgan fingerprint density at radius 1 is 1.04 bits per heavy atom. The van der Waals surface area contributed by atoms with Gasteiger partial charge in [-0.1, -0.05) is 13.3 Å². The Bertz CT molecular complexity index is 609. The van der Waals surface area contributed by atoms with Crippen LogP contribution in [0.3, 0.4) is 0 Å². The van der Waals surface area contributed by atoms with Crippen LogP contribution in [0.4, 0.5) is 13.2 Å². The molecular weight excluding hydrogens is 393 g/mol. The van der Waals surface area contributed by atoms with Crippen molar-refractivity contribution in [2.24, 2.45) is 16.8 Å². The lowest BCUT2D eigenvalue weighted by Crippen LogP contribution is -2.46. The van der Waals surface area contributed by atoms with Crippen molar-refractivity contribution in [3.8, 4) is 0 Å². The molecule has 0 atom stereocenters. The summed E-state index contributed by atoms with van der Waals surface area (Å²) in [7, 11) is -5.22. The van der Waals surface area contributed by atoms with Crippen LogP contribution < -0.4 is 10.6 Å². The fraction of sp³-hybridized carbons (Fsp3) is 0.944. The molecule has 0 spiro atoms. The average molecular weight is 427 g/mol. The molecule has 0 radical (unpaired) electrons. The van der Waals surface area contributed by atoms with Crippen LogP contribution in [0.25, 0.3) is 0 Å². The average Bonchev–Trinajstić information content (AvgIpc) is 2.66. The van der Waals surface area contributed by atoms with Gasteiger partial charge in [-0.3, -0.25) is 4.99 Å². The van der Waals surface area contributed by atoms with E-state index in [2.05, 4.69) is 22.5 Å². The second-order valence-corrected chi connectivity index (χ2v) is 9.71. The van der Waals surface area contributed by atoms with Crippen LogP contribution in [0, 0.1) is 11.8 Å². The Labute approximate surface area is 166 Å². The third-order valence-electron chi connectivity index (χ3n) is 5.82. The molecule has 1 aliphatic heterocycles. The summed E-state index contributed by atoms with van der Waals surface area (Å²) < 4.78 is 61.5. The summed E-state index contributed by atoms with van der Waals surface area (Å²) in [6.07, 6.45) is 6.69. The van der Waals surface area contributed by atoms with Gasteiger partial charge in [0.2, 0.25) is 0 Å². The van der Waals surface area contributed by atoms with E-state index in [0.717, 1.165) is 31.3 Å². The molecule has 1 saturated heterocycles. The Hall–Kier alpha value is -1.03. The maximum absolute atomic E-state index is 12.7. The van der Waals surface area contributed by atoms with Gasteiger partial charge in [-0.15, -0.1) is 0 Å². The van der Waals surface area contributed by atoms with Crippen molar-refractivity contribution in [1.29, 1.82) is 0 Å². The van der Waals surface area contributed by atoms with Crippen molar-refractivity contribution >= 4 is 16.0 Å². The third-order valence-corrected chi connectivity index (χ3v) is 7.45. The van der Waals surface area contributed by atoms with Gasteiger partial charge in [0.15, 0.2) is 5.96 Å². The van der Waals surface area contributed by atoms with Crippen molar-refractivity contribution in [2.75, 3.05) is 26.2 Å². The molecule has 2 rings (SSSR count). The van der Waals surface area contributed by atoms with Crippen molar-refractivity contribution in [2.45, 2.75) is 70.3 Å². The largest absolute Gasteiger partial charge is 0.511 e. The molecule has 2 aliphatic rings. The molecule has 1 heterocycles. The standard InChI is InChI=1S/C18H33F3N4O2S/c1-3-14-5-7-16(8-6-14)24-17(22-4-2)23-13-15-9-11-25(12-10-15)28(26,27)18(19,20)21/h14-16H,3-13H2,1-2H3,(H2,22,23,24). The van der Waals surface area contributed by atoms with E-state index in [4.69, 9.17) is 0 Å². The SMILES string of the molecule is CCNC(=NCC1CCN(S(=O)(=O)C(F)(F)F)CC1)NC1CCC(CC)CC1. The smallest absolute Gasteiger partial charge is 0.357 e. The zero-order chi connectivity index (χ0) is 20.8. The Balaban J connectivity index is 1.84. The molecule has 10 heteroatoms. The summed E-state index contributed by atoms with van der Waals surface area (Å²) >= 11 is 0. The summed E-state index contributed by atoms with van der Waals surface area (Å²) in [5.41, 5.74) is -5.23. The van der Waals surface area contributed by atoms with Crippen molar-refractivity contribution in [3.63, 3.8) is 0 Å². The molecule has 0 aromatic heterocycles. The Morgan fingerprint density at radius 3 is 2.14 bits per heavy atom. The van der Waals surface area contributed by atoms with Gasteiger partial charge in [-0.2, -0.15) is 17.5 Å². The van der Waals surface area contributed by atoms with Crippen LogP contribution in [0.5, 0.6) is 0 Å². The van der Waals surface area contributed by atoms with Gasteiger partial charge in [-0.05, 0) is 57.3 Å². The summed E-state index contributed by atoms with van der Waals surface area (Å²) in [6.45, 7) is 5.23. The van der Waals surface area contributed by atoms with E-state index in [1.165, 1.54) is 19.3 Å². The minimum atomic E-state index is -5.23. The fourth-order valence-corrected chi connectivity index (χ4v) is 4.91. The van der Waals surface area contributed by atoms with Crippen LogP contribution >= 0.6 is 0 Å². The quantitative estimate of drug-likeness (QED) is 0.506. The number of piperidine rings is 1. The van der Waals surface area contributed by atoms with E-state index < -0.39 is 15.5 Å². The van der Waals surface area contributed by atoms with E-state index in [1.54, 1.807) is 0 Å². The summed E-state index contributed by atoms with van der Waals surface area (Å²) in [5.74, 6) is 1.65. The highest BCUT2D eigenvalue weighted by atomic mass is 32.2. The van der Waals surface area contributed by atoms with Gasteiger partial charge in [0.1, 0.15) is 0 Å². The Morgan fingerprint density at radius 2 is 1.64 bits per heavy atom. The summed E-state index contributed by atoms with van der Waals surface area (Å²) in [4.78, 5) is 4.61. The highest BCUT2D eigenvalue weighted by Gasteiger charge is 2.50. The normalized spacial score (nSPS) is 26.2. The monoisotopic (exact) mass is 426 g/mol. The van der Waals surface area contributed by atoms with Crippen LogP contribution in [0.1, 0.15) is 58.8 Å². The molecule has 0 bridgehead atoms. The maximum Gasteiger partial charge on any atom is 0.511 e. The first-order valence-electron chi connectivity index (χ1n) is 10.3. The number of nitrogens with zero attached hydrogens (tertiary/aromatic N) is 2. The molecule has 2 N–H and O–H groups in total. The molecule has 0 aromatic carbocycles. The first-order valence-corrected chi connectivity index (χ1v) is 11.7. The zero-order valence-corrected chi connectivity index (χ0v) is 17.6. The van der Waals surface area contributed by atoms with Crippen LogP contribution in [0.15, 0.2) is 4.99 Å². The number of halogens is 3. The topological polar surface area (TPSA) is 73.8 Å². The molecule has 1 aliphatic carbocycles. The van der Waals surface area contributed by atoms with Crippen molar-refractivity contribution in [3.05, 3.63) is 0 Å². The van der Waals surface area contributed by atoms with Gasteiger partial charge in [0.05, 0.1) is 0 Å². The number of hydrogen-bond donors (Lipinski definition) is 2. The lowest BCUT2D eigenvalue weighted by Gasteiger charge is -2.31. The van der Waals surface area contributed by atoms with Crippen LogP contribution in [0.2, 0.25) is 0 Å². The van der Waals surface area contributed by atoms with Crippen molar-refractivity contribution in [1.82, 2.24) is 14.9 Å². The molecule has 6 nitrogen and oxygen atoms in total. The first-order chi connectivity index (χ1) is 13.2. The van der Waals surface area contributed by atoms with E-state index in [9.17, 15) is 21.6 Å². The molecule has 0 amide bonds. The van der Waals surface area contributed by atoms with E-state index in [-0.39, 0.29) is 19.0 Å². The highest BCUT2D eigenvalue weighted by Crippen LogP contribution is 2.30. The van der Waals surface area contributed by atoms with E-state index in [1.807, 2.05) is 6.92 Å². The van der Waals surface area contributed by atoms with Crippen molar-refractivity contribution < 1.29 is 21.6 Å². The number of hydrogen-bond acceptors (Lipinski definition) is 3. The molecular formula is C18H33F3N4O2S. The second kappa shape index (κ2) is 10.1. The minimum absolute atomic E-state index is 0.0889. The molecule has 28 heavy (non-hydrogen) atoms. The predicted molar refractivity (Wildman–Crippen MR) is 104 cm³/mol.